The lowest BCUT2D eigenvalue weighted by molar-refractivity contribution is 0.0620. The van der Waals surface area contributed by atoms with Gasteiger partial charge in [0.25, 0.3) is 11.9 Å². The van der Waals surface area contributed by atoms with Gasteiger partial charge < -0.3 is 4.74 Å². The fourth-order valence-electron chi connectivity index (χ4n) is 3.58. The number of rotatable bonds is 3. The van der Waals surface area contributed by atoms with Gasteiger partial charge in [-0.15, -0.1) is 16.4 Å². The number of carbonyl (C=O) groups excluding carboxylic acids is 2. The van der Waals surface area contributed by atoms with Crippen molar-refractivity contribution in [1.29, 1.82) is 0 Å². The molecule has 1 aliphatic rings. The summed E-state index contributed by atoms with van der Waals surface area (Å²) in [5, 5.41) is 10.00. The highest BCUT2D eigenvalue weighted by molar-refractivity contribution is 7.15. The second-order valence-electron chi connectivity index (χ2n) is 8.00. The Kier molecular flexibility index (Phi) is 4.96. The van der Waals surface area contributed by atoms with Crippen LogP contribution in [-0.2, 0) is 0 Å². The van der Waals surface area contributed by atoms with Gasteiger partial charge in [-0.2, -0.15) is 4.98 Å². The molecule has 4 aromatic rings. The number of anilines is 1. The maximum absolute atomic E-state index is 12.8. The van der Waals surface area contributed by atoms with Crippen LogP contribution in [0.4, 0.5) is 5.95 Å². The Bertz CT molecular complexity index is 1410. The van der Waals surface area contributed by atoms with Gasteiger partial charge in [0, 0.05) is 21.5 Å². The van der Waals surface area contributed by atoms with Gasteiger partial charge in [-0.1, -0.05) is 23.2 Å². The number of carbonyl (C=O) groups is 2. The number of benzene rings is 2. The highest BCUT2D eigenvalue weighted by Crippen LogP contribution is 2.34. The van der Waals surface area contributed by atoms with E-state index in [2.05, 4.69) is 15.4 Å². The lowest BCUT2D eigenvalue weighted by Gasteiger charge is -2.31. The Morgan fingerprint density at radius 1 is 1.19 bits per heavy atom. The summed E-state index contributed by atoms with van der Waals surface area (Å²) in [6.07, 6.45) is 0.250. The number of hydrogen-bond acceptors (Lipinski definition) is 6. The molecule has 162 valence electrons. The lowest BCUT2D eigenvalue weighted by atomic mass is 9.92. The predicted molar refractivity (Wildman–Crippen MR) is 124 cm³/mol. The molecule has 0 bridgehead atoms. The maximum atomic E-state index is 12.8. The largest absolute Gasteiger partial charge is 0.487 e. The number of ether oxygens (including phenoxy) is 1. The van der Waals surface area contributed by atoms with Crippen molar-refractivity contribution in [3.8, 4) is 17.0 Å². The van der Waals surface area contributed by atoms with E-state index in [0.29, 0.717) is 31.9 Å². The molecule has 7 nitrogen and oxygen atoms in total. The number of hydrogen-bond donors (Lipinski definition) is 1. The van der Waals surface area contributed by atoms with E-state index in [0.717, 1.165) is 11.3 Å². The smallest absolute Gasteiger partial charge is 0.258 e. The van der Waals surface area contributed by atoms with E-state index in [9.17, 15) is 9.59 Å². The third-order valence-electron chi connectivity index (χ3n) is 5.03. The molecule has 0 spiro atoms. The molecule has 10 heteroatoms. The van der Waals surface area contributed by atoms with Crippen molar-refractivity contribution in [3.63, 3.8) is 0 Å². The highest BCUT2D eigenvalue weighted by atomic mass is 35.5. The number of halogens is 2. The van der Waals surface area contributed by atoms with Crippen LogP contribution in [0.25, 0.3) is 16.2 Å². The zero-order valence-electron chi connectivity index (χ0n) is 17.0. The molecule has 2 aromatic carbocycles. The molecule has 3 heterocycles. The van der Waals surface area contributed by atoms with Crippen LogP contribution in [0.5, 0.6) is 5.75 Å². The molecule has 0 unspecified atom stereocenters. The predicted octanol–water partition coefficient (Wildman–Crippen LogP) is 5.76. The van der Waals surface area contributed by atoms with Gasteiger partial charge in [0.15, 0.2) is 5.78 Å². The lowest BCUT2D eigenvalue weighted by Crippen LogP contribution is -2.36. The second kappa shape index (κ2) is 7.58. The van der Waals surface area contributed by atoms with Crippen molar-refractivity contribution in [3.05, 3.63) is 63.0 Å². The van der Waals surface area contributed by atoms with Crippen LogP contribution in [-0.4, -0.2) is 31.9 Å². The van der Waals surface area contributed by atoms with Gasteiger partial charge >= 0.3 is 0 Å². The van der Waals surface area contributed by atoms with Crippen LogP contribution in [0.2, 0.25) is 10.0 Å². The number of amides is 1. The van der Waals surface area contributed by atoms with Crippen molar-refractivity contribution in [2.45, 2.75) is 25.9 Å². The summed E-state index contributed by atoms with van der Waals surface area (Å²) in [4.78, 5) is 30.2. The zero-order chi connectivity index (χ0) is 22.6. The number of thiazole rings is 1. The molecule has 1 N–H and O–H groups in total. The normalized spacial score (nSPS) is 14.8. The van der Waals surface area contributed by atoms with Gasteiger partial charge in [-0.25, -0.2) is 4.52 Å². The fourth-order valence-corrected chi connectivity index (χ4v) is 4.91. The van der Waals surface area contributed by atoms with Crippen LogP contribution < -0.4 is 10.1 Å². The van der Waals surface area contributed by atoms with Gasteiger partial charge in [-0.3, -0.25) is 14.9 Å². The molecule has 0 radical (unpaired) electrons. The first-order chi connectivity index (χ1) is 15.2. The van der Waals surface area contributed by atoms with E-state index in [-0.39, 0.29) is 18.2 Å². The van der Waals surface area contributed by atoms with Crippen LogP contribution in [0.1, 0.15) is 41.0 Å². The Labute approximate surface area is 196 Å². The molecule has 0 saturated carbocycles. The van der Waals surface area contributed by atoms with Crippen molar-refractivity contribution in [2.24, 2.45) is 0 Å². The number of ketones is 1. The first-order valence-electron chi connectivity index (χ1n) is 9.67. The molecule has 0 aliphatic carbocycles. The van der Waals surface area contributed by atoms with Crippen molar-refractivity contribution in [2.75, 3.05) is 5.32 Å². The molecular formula is C22H16Cl2N4O3S. The first kappa shape index (κ1) is 20.9. The van der Waals surface area contributed by atoms with Gasteiger partial charge in [0.2, 0.25) is 4.96 Å². The quantitative estimate of drug-likeness (QED) is 0.397. The van der Waals surface area contributed by atoms with Crippen LogP contribution >= 0.6 is 34.5 Å². The summed E-state index contributed by atoms with van der Waals surface area (Å²) in [5.41, 5.74) is 1.64. The summed E-state index contributed by atoms with van der Waals surface area (Å²) in [6.45, 7) is 3.71. The Morgan fingerprint density at radius 2 is 2.00 bits per heavy atom. The molecule has 0 atom stereocenters. The van der Waals surface area contributed by atoms with Gasteiger partial charge in [0.1, 0.15) is 11.4 Å². The van der Waals surface area contributed by atoms with Gasteiger partial charge in [-0.05, 0) is 50.2 Å². The SMILES string of the molecule is CC1(C)CC(=O)c2cc(C(=O)Nc3nc4scc(-c5ccc(Cl)cc5Cl)n4n3)ccc2O1. The van der Waals surface area contributed by atoms with Gasteiger partial charge in [0.05, 0.1) is 22.7 Å². The minimum Gasteiger partial charge on any atom is -0.487 e. The van der Waals surface area contributed by atoms with E-state index in [1.54, 1.807) is 40.9 Å². The number of Topliss-reactive ketones (excluding diaryl/α,β-unsaturated/α-hetero) is 1. The first-order valence-corrected chi connectivity index (χ1v) is 11.3. The van der Waals surface area contributed by atoms with Crippen molar-refractivity contribution < 1.29 is 14.3 Å². The van der Waals surface area contributed by atoms with Crippen LogP contribution in [0.15, 0.2) is 41.8 Å². The molecule has 0 fully saturated rings. The minimum atomic E-state index is -0.565. The average molecular weight is 487 g/mol. The summed E-state index contributed by atoms with van der Waals surface area (Å²) >= 11 is 13.7. The molecule has 1 amide bonds. The average Bonchev–Trinajstić information content (AvgIpc) is 3.27. The molecule has 0 saturated heterocycles. The van der Waals surface area contributed by atoms with Crippen molar-refractivity contribution >= 4 is 57.1 Å². The van der Waals surface area contributed by atoms with E-state index < -0.39 is 11.5 Å². The van der Waals surface area contributed by atoms with Crippen LogP contribution in [0, 0.1) is 0 Å². The van der Waals surface area contributed by atoms with Crippen LogP contribution in [0.3, 0.4) is 0 Å². The third kappa shape index (κ3) is 3.74. The minimum absolute atomic E-state index is 0.0592. The van der Waals surface area contributed by atoms with Crippen molar-refractivity contribution in [1.82, 2.24) is 14.6 Å². The summed E-state index contributed by atoms with van der Waals surface area (Å²) < 4.78 is 7.46. The fraction of sp³-hybridized carbons (Fsp3) is 0.182. The van der Waals surface area contributed by atoms with E-state index in [1.165, 1.54) is 11.3 Å². The summed E-state index contributed by atoms with van der Waals surface area (Å²) in [7, 11) is 0. The number of nitrogens with one attached hydrogen (secondary N) is 1. The van der Waals surface area contributed by atoms with E-state index in [4.69, 9.17) is 27.9 Å². The molecular weight excluding hydrogens is 471 g/mol. The molecule has 2 aromatic heterocycles. The Balaban J connectivity index is 1.42. The Morgan fingerprint density at radius 3 is 2.78 bits per heavy atom. The van der Waals surface area contributed by atoms with E-state index in [1.807, 2.05) is 19.2 Å². The topological polar surface area (TPSA) is 85.6 Å². The van der Waals surface area contributed by atoms with E-state index >= 15 is 0 Å². The molecule has 32 heavy (non-hydrogen) atoms. The monoisotopic (exact) mass is 486 g/mol. The molecule has 1 aliphatic heterocycles. The standard InChI is InChI=1S/C22H16Cl2N4O3S/c1-22(2)9-17(29)14-7-11(3-6-18(14)31-22)19(30)25-20-26-21-28(27-20)16(10-32-21)13-5-4-12(23)8-15(13)24/h3-8,10H,9H2,1-2H3,(H,25,27,30). The number of aromatic nitrogens is 3. The second-order valence-corrected chi connectivity index (χ2v) is 9.68. The maximum Gasteiger partial charge on any atom is 0.258 e. The number of nitrogens with zero attached hydrogens (tertiary/aromatic N) is 3. The molecule has 5 rings (SSSR count). The summed E-state index contributed by atoms with van der Waals surface area (Å²) in [6, 6.07) is 10.0. The zero-order valence-corrected chi connectivity index (χ0v) is 19.3. The summed E-state index contributed by atoms with van der Waals surface area (Å²) in [5.74, 6) is 0.147. The number of fused-ring (bicyclic) bond motifs is 2. The third-order valence-corrected chi connectivity index (χ3v) is 6.39. The Hall–Kier alpha value is -2.94. The highest BCUT2D eigenvalue weighted by Gasteiger charge is 2.33.